The highest BCUT2D eigenvalue weighted by Gasteiger charge is 2.09. The molecule has 1 heterocycles. The van der Waals surface area contributed by atoms with Gasteiger partial charge in [0.1, 0.15) is 5.94 Å². The lowest BCUT2D eigenvalue weighted by Gasteiger charge is -2.15. The second-order valence-electron chi connectivity index (χ2n) is 2.46. The second kappa shape index (κ2) is 5.79. The molecule has 0 bridgehead atoms. The number of rotatable bonds is 5. The zero-order chi connectivity index (χ0) is 7.94. The summed E-state index contributed by atoms with van der Waals surface area (Å²) in [6.07, 6.45) is 4.55. The Balaban J connectivity index is 1.86. The maximum atomic E-state index is 5.00. The smallest absolute Gasteiger partial charge is 0.115 e. The first-order chi connectivity index (χ1) is 5.43. The van der Waals surface area contributed by atoms with Gasteiger partial charge in [-0.3, -0.25) is 4.84 Å². The number of nitrogens with zero attached hydrogens (tertiary/aromatic N) is 1. The van der Waals surface area contributed by atoms with Crippen LogP contribution in [0.4, 0.5) is 0 Å². The summed E-state index contributed by atoms with van der Waals surface area (Å²) in [5, 5.41) is 2.11. The molecule has 0 aromatic heterocycles. The predicted octanol–water partition coefficient (Wildman–Crippen LogP) is 0.343. The highest BCUT2D eigenvalue weighted by Crippen LogP contribution is 2.02. The number of hydrogen-bond donors (Lipinski definition) is 2. The lowest BCUT2D eigenvalue weighted by atomic mass is 10.4. The molecule has 1 aliphatic heterocycles. The summed E-state index contributed by atoms with van der Waals surface area (Å²) >= 11 is 1.64. The number of thioether (sulfide) groups is 1. The molecule has 0 unspecified atom stereocenters. The van der Waals surface area contributed by atoms with Crippen LogP contribution < -0.4 is 11.1 Å². The number of nitrogens with one attached hydrogen (secondary N) is 2. The highest BCUT2D eigenvalue weighted by molar-refractivity contribution is 7.98. The van der Waals surface area contributed by atoms with Crippen molar-refractivity contribution in [3.05, 3.63) is 0 Å². The molecule has 0 atom stereocenters. The van der Waals surface area contributed by atoms with Crippen LogP contribution in [-0.2, 0) is 4.84 Å². The van der Waals surface area contributed by atoms with Gasteiger partial charge in [0.25, 0.3) is 0 Å². The summed E-state index contributed by atoms with van der Waals surface area (Å²) in [6.45, 7) is 2.21. The Morgan fingerprint density at radius 1 is 1.45 bits per heavy atom. The molecule has 1 rings (SSSR count). The summed E-state index contributed by atoms with van der Waals surface area (Å²) in [6, 6.07) is 0. The Bertz CT molecular complexity index is 97.8. The molecule has 4 nitrogen and oxygen atoms in total. The highest BCUT2D eigenvalue weighted by atomic mass is 32.2. The van der Waals surface area contributed by atoms with Gasteiger partial charge in [-0.05, 0) is 19.1 Å². The van der Waals surface area contributed by atoms with Gasteiger partial charge >= 0.3 is 0 Å². The molecule has 0 saturated carbocycles. The van der Waals surface area contributed by atoms with E-state index in [1.807, 2.05) is 6.26 Å². The van der Waals surface area contributed by atoms with E-state index >= 15 is 0 Å². The molecule has 0 spiro atoms. The number of hydrogen-bond acceptors (Lipinski definition) is 5. The van der Waals surface area contributed by atoms with Gasteiger partial charge in [-0.1, -0.05) is 0 Å². The van der Waals surface area contributed by atoms with Gasteiger partial charge in [0, 0.05) is 13.1 Å². The predicted molar refractivity (Wildman–Crippen MR) is 46.5 cm³/mol. The summed E-state index contributed by atoms with van der Waals surface area (Å²) in [5.41, 5.74) is 5.65. The van der Waals surface area contributed by atoms with Crippen LogP contribution in [0.2, 0.25) is 0 Å². The monoisotopic (exact) mass is 177 g/mol. The molecular formula is C6H15N3OS. The van der Waals surface area contributed by atoms with E-state index < -0.39 is 0 Å². The maximum absolute atomic E-state index is 5.00. The van der Waals surface area contributed by atoms with Gasteiger partial charge in [0.05, 0.1) is 0 Å². The first-order valence-electron chi connectivity index (χ1n) is 3.80. The summed E-state index contributed by atoms with van der Waals surface area (Å²) in [7, 11) is 0. The van der Waals surface area contributed by atoms with Gasteiger partial charge < -0.3 is 0 Å². The minimum Gasteiger partial charge on any atom is -0.275 e. The van der Waals surface area contributed by atoms with Gasteiger partial charge in [-0.15, -0.1) is 17.4 Å². The van der Waals surface area contributed by atoms with E-state index in [1.165, 1.54) is 12.8 Å². The molecule has 0 radical (unpaired) electrons. The largest absolute Gasteiger partial charge is 0.275 e. The van der Waals surface area contributed by atoms with Crippen LogP contribution in [0.1, 0.15) is 12.8 Å². The minimum atomic E-state index is 0.668. The van der Waals surface area contributed by atoms with Crippen LogP contribution >= 0.6 is 11.8 Å². The molecule has 11 heavy (non-hydrogen) atoms. The van der Waals surface area contributed by atoms with Crippen molar-refractivity contribution in [2.24, 2.45) is 0 Å². The van der Waals surface area contributed by atoms with Crippen molar-refractivity contribution in [3.8, 4) is 0 Å². The fourth-order valence-electron chi connectivity index (χ4n) is 1.01. The molecule has 0 aromatic rings. The SMILES string of the molecule is CSCONNN1CCCC1. The van der Waals surface area contributed by atoms with E-state index in [2.05, 4.69) is 16.1 Å². The van der Waals surface area contributed by atoms with Gasteiger partial charge in [-0.2, -0.15) is 5.53 Å². The second-order valence-corrected chi connectivity index (χ2v) is 3.27. The Morgan fingerprint density at radius 3 is 2.82 bits per heavy atom. The quantitative estimate of drug-likeness (QED) is 0.360. The van der Waals surface area contributed by atoms with E-state index in [-0.39, 0.29) is 0 Å². The molecule has 0 amide bonds. The third-order valence-corrected chi connectivity index (χ3v) is 1.91. The van der Waals surface area contributed by atoms with Crippen molar-refractivity contribution >= 4 is 11.8 Å². The standard InChI is InChI=1S/C6H15N3OS/c1-11-6-10-8-7-9-4-2-3-5-9/h7-8H,2-6H2,1H3. The normalized spacial score (nSPS) is 19.4. The zero-order valence-electron chi connectivity index (χ0n) is 6.80. The molecule has 1 aliphatic rings. The molecule has 1 fully saturated rings. The molecular weight excluding hydrogens is 162 g/mol. The van der Waals surface area contributed by atoms with Crippen LogP contribution in [0.15, 0.2) is 0 Å². The van der Waals surface area contributed by atoms with Crippen LogP contribution in [0.25, 0.3) is 0 Å². The average molecular weight is 177 g/mol. The van der Waals surface area contributed by atoms with E-state index in [9.17, 15) is 0 Å². The van der Waals surface area contributed by atoms with Crippen molar-refractivity contribution in [1.29, 1.82) is 0 Å². The molecule has 5 heteroatoms. The lowest BCUT2D eigenvalue weighted by molar-refractivity contribution is -0.0166. The molecule has 0 aromatic carbocycles. The van der Waals surface area contributed by atoms with Crippen molar-refractivity contribution in [2.75, 3.05) is 25.3 Å². The lowest BCUT2D eigenvalue weighted by Crippen LogP contribution is -2.45. The van der Waals surface area contributed by atoms with Crippen molar-refractivity contribution in [3.63, 3.8) is 0 Å². The average Bonchev–Trinajstić information content (AvgIpc) is 2.50. The first-order valence-corrected chi connectivity index (χ1v) is 5.19. The van der Waals surface area contributed by atoms with E-state index in [0.717, 1.165) is 13.1 Å². The Hall–Kier alpha value is 0.190. The summed E-state index contributed by atoms with van der Waals surface area (Å²) < 4.78 is 0. The third kappa shape index (κ3) is 3.93. The summed E-state index contributed by atoms with van der Waals surface area (Å²) in [5.74, 6) is 0.668. The van der Waals surface area contributed by atoms with E-state index in [1.54, 1.807) is 11.8 Å². The van der Waals surface area contributed by atoms with Gasteiger partial charge in [-0.25, -0.2) is 5.01 Å². The zero-order valence-corrected chi connectivity index (χ0v) is 7.62. The molecule has 0 aliphatic carbocycles. The van der Waals surface area contributed by atoms with E-state index in [0.29, 0.717) is 5.94 Å². The minimum absolute atomic E-state index is 0.668. The van der Waals surface area contributed by atoms with Crippen LogP contribution in [-0.4, -0.2) is 30.3 Å². The van der Waals surface area contributed by atoms with Crippen LogP contribution in [0.5, 0.6) is 0 Å². The molecule has 2 N–H and O–H groups in total. The Labute approximate surface area is 71.5 Å². The summed E-state index contributed by atoms with van der Waals surface area (Å²) in [4.78, 5) is 5.00. The van der Waals surface area contributed by atoms with Crippen molar-refractivity contribution in [1.82, 2.24) is 16.1 Å². The number of hydrazine groups is 2. The van der Waals surface area contributed by atoms with Gasteiger partial charge in [0.15, 0.2) is 0 Å². The Morgan fingerprint density at radius 2 is 2.18 bits per heavy atom. The fraction of sp³-hybridized carbons (Fsp3) is 1.00. The van der Waals surface area contributed by atoms with Crippen molar-refractivity contribution < 1.29 is 4.84 Å². The maximum Gasteiger partial charge on any atom is 0.115 e. The van der Waals surface area contributed by atoms with Gasteiger partial charge in [0.2, 0.25) is 0 Å². The topological polar surface area (TPSA) is 36.5 Å². The first kappa shape index (κ1) is 9.28. The third-order valence-electron chi connectivity index (χ3n) is 1.56. The fourth-order valence-corrected chi connectivity index (χ4v) is 1.19. The van der Waals surface area contributed by atoms with Crippen LogP contribution in [0, 0.1) is 0 Å². The van der Waals surface area contributed by atoms with Crippen LogP contribution in [0.3, 0.4) is 0 Å². The van der Waals surface area contributed by atoms with E-state index in [4.69, 9.17) is 4.84 Å². The molecule has 66 valence electrons. The van der Waals surface area contributed by atoms with Crippen molar-refractivity contribution in [2.45, 2.75) is 12.8 Å². The Kier molecular flexibility index (Phi) is 4.89. The molecule has 1 saturated heterocycles.